The molecular formula is C114H127Cl2F5N22O6S. The zero-order valence-corrected chi connectivity index (χ0v) is 87.8. The summed E-state index contributed by atoms with van der Waals surface area (Å²) in [5.41, 5.74) is 13.3. The van der Waals surface area contributed by atoms with Crippen LogP contribution in [0.5, 0.6) is 0 Å². The van der Waals surface area contributed by atoms with Crippen LogP contribution >= 0.6 is 23.2 Å². The van der Waals surface area contributed by atoms with Gasteiger partial charge in [0.15, 0.2) is 46.5 Å². The summed E-state index contributed by atoms with van der Waals surface area (Å²) in [7, 11) is -1.23. The van der Waals surface area contributed by atoms with Gasteiger partial charge in [-0.1, -0.05) is 114 Å². The van der Waals surface area contributed by atoms with Gasteiger partial charge in [-0.05, 0) is 271 Å². The minimum atomic E-state index is -3.16. The number of nitrogens with zero attached hydrogens (tertiary/aromatic N) is 13. The SMILES string of the molecule is CC(=O)NC1CCC(Nc2nc(-c3ccccc3)nc3c2c(C)c(C)n3CCc2ccccc2)CC1.CCn1ccc2c(NC3CCC(CC(=O)c4ccc(F)c(Cl)c4)CC3)ncnc21.Cc1[nH]c2nc(-c3ccccc3)nc(NC3CCC(NS(C)(=O)=O)CC3)c2c1C.Cn1ccc2c(NC3CCC(CC(=O)c4cc(F)c(F)c(F)c4)CC3)ncnc21.O=C(CC1CCC(Nc2ncnc3[nH]ccc23)CC1)c1ccc(F)c(Cl)c1. The second-order valence-electron chi connectivity index (χ2n) is 40.3. The fourth-order valence-electron chi connectivity index (χ4n) is 21.3. The molecule has 0 unspecified atom stereocenters. The van der Waals surface area contributed by atoms with Crippen molar-refractivity contribution in [2.24, 2.45) is 24.8 Å². The maximum atomic E-state index is 13.4. The third kappa shape index (κ3) is 27.1. The van der Waals surface area contributed by atoms with Crippen LogP contribution < -0.4 is 36.6 Å². The molecule has 16 aromatic rings. The van der Waals surface area contributed by atoms with Gasteiger partial charge < -0.3 is 55.6 Å². The second-order valence-corrected chi connectivity index (χ2v) is 42.9. The van der Waals surface area contributed by atoms with Crippen LogP contribution in [0.1, 0.15) is 221 Å². The molecule has 1 amide bonds. The summed E-state index contributed by atoms with van der Waals surface area (Å²) in [4.78, 5) is 101. The fraction of sp³-hybridized carbons (Fsp3) is 0.386. The molecule has 5 fully saturated rings. The average Bonchev–Trinajstić information content (AvgIpc) is 1.59. The first-order chi connectivity index (χ1) is 72.4. The Morgan fingerprint density at radius 3 is 1.36 bits per heavy atom. The van der Waals surface area contributed by atoms with Crippen LogP contribution in [-0.2, 0) is 41.4 Å². The highest BCUT2D eigenvalue weighted by Crippen LogP contribution is 2.40. The first-order valence-electron chi connectivity index (χ1n) is 51.8. The van der Waals surface area contributed by atoms with Crippen LogP contribution in [0.2, 0.25) is 10.0 Å². The summed E-state index contributed by atoms with van der Waals surface area (Å²) < 4.78 is 98.4. The number of aromatic nitrogens is 15. The Bertz CT molecular complexity index is 7540. The van der Waals surface area contributed by atoms with Gasteiger partial charge in [-0.3, -0.25) is 19.2 Å². The first-order valence-corrected chi connectivity index (χ1v) is 54.5. The Morgan fingerprint density at radius 1 is 0.433 bits per heavy atom. The van der Waals surface area contributed by atoms with E-state index in [2.05, 4.69) is 162 Å². The highest BCUT2D eigenvalue weighted by Gasteiger charge is 2.33. The van der Waals surface area contributed by atoms with Crippen molar-refractivity contribution in [1.82, 2.24) is 83.5 Å². The minimum absolute atomic E-state index is 0.00294. The van der Waals surface area contributed by atoms with Crippen molar-refractivity contribution >= 4 is 141 Å². The van der Waals surface area contributed by atoms with Gasteiger partial charge in [-0.15, -0.1) is 0 Å². The third-order valence-corrected chi connectivity index (χ3v) is 31.1. The highest BCUT2D eigenvalue weighted by molar-refractivity contribution is 7.88. The van der Waals surface area contributed by atoms with Gasteiger partial charge in [0.25, 0.3) is 0 Å². The van der Waals surface area contributed by atoms with Crippen molar-refractivity contribution in [2.75, 3.05) is 32.8 Å². The molecule has 9 N–H and O–H groups in total. The summed E-state index contributed by atoms with van der Waals surface area (Å²) in [5, 5.41) is 26.2. The van der Waals surface area contributed by atoms with Gasteiger partial charge >= 0.3 is 0 Å². The van der Waals surface area contributed by atoms with E-state index in [0.717, 1.165) is 273 Å². The molecule has 0 bridgehead atoms. The number of fused-ring (bicyclic) bond motifs is 5. The van der Waals surface area contributed by atoms with Crippen molar-refractivity contribution in [3.05, 3.63) is 279 Å². The predicted molar refractivity (Wildman–Crippen MR) is 582 cm³/mol. The number of H-pyrrole nitrogens is 2. The van der Waals surface area contributed by atoms with E-state index in [0.29, 0.717) is 59.8 Å². The minimum Gasteiger partial charge on any atom is -0.367 e. The van der Waals surface area contributed by atoms with Crippen molar-refractivity contribution in [2.45, 2.75) is 251 Å². The summed E-state index contributed by atoms with van der Waals surface area (Å²) in [6.45, 7) is 13.9. The maximum Gasteiger partial charge on any atom is 0.217 e. The quantitative estimate of drug-likeness (QED) is 0.0125. The third-order valence-electron chi connectivity index (χ3n) is 29.8. The summed E-state index contributed by atoms with van der Waals surface area (Å²) >= 11 is 11.6. The lowest BCUT2D eigenvalue weighted by atomic mass is 9.82. The van der Waals surface area contributed by atoms with Crippen LogP contribution in [0.4, 0.5) is 51.0 Å². The number of Topliss-reactive ketones (excluding diaryl/α,β-unsaturated/α-hetero) is 3. The number of benzene rings is 6. The number of carbonyl (C=O) groups excluding carboxylic acids is 4. The molecule has 784 valence electrons. The van der Waals surface area contributed by atoms with Gasteiger partial charge in [0.2, 0.25) is 15.9 Å². The van der Waals surface area contributed by atoms with Gasteiger partial charge in [-0.25, -0.2) is 84.9 Å². The molecule has 36 heteroatoms. The number of hydrogen-bond acceptors (Lipinski definition) is 21. The standard InChI is InChI=1S/C30H35N5O.C22H24ClFN4O.C21H21F3N4O.C21H27N5O2S.C20H20ClFN4O/c1-20-21(2)35(19-18-23-10-6-4-7-11-23)30-27(20)29(33-28(34-30)24-12-8-5-9-13-24)32-26-16-14-25(15-17-26)31-22(3)36;1-2-28-10-9-17-21(25-13-26-22(17)28)27-16-6-3-14(4-7-16)11-20(29)15-5-8-19(24)18(23)12-15;1-28-7-6-15-20(25-11-26-21(15)28)27-14-4-2-12(3-5-14)8-18(29)13-9-16(22)19(24)17(23)10-13;1-13-14(2)22-20-18(13)21(25-19(24-20)15-7-5-4-6-8-15)23-16-9-11-17(12-10-16)26-29(3,27)28;21-16-10-13(3-6-17(16)22)18(27)9-12-1-4-14(5-2-12)26-20-15-7-8-23-19(15)24-11-25-20/h4-13,25-26H,14-19H2,1-3H3,(H,31,36)(H,32,33,34);5,8-10,12-14,16H,2-4,6-7,11H2,1H3,(H,25,26,27);6-7,9-12,14H,2-5,8H2,1H3,(H,25,26,27);4-8,16-17,26H,9-12H2,1-3H3,(H2,22,23,24,25);3,6-8,10-12,14H,1-2,4-5,9H2,(H2,23,24,25,26). The Hall–Kier alpha value is -14.0. The molecule has 5 aliphatic rings. The van der Waals surface area contributed by atoms with Gasteiger partial charge in [0.1, 0.15) is 87.9 Å². The Morgan fingerprint density at radius 2 is 0.867 bits per heavy atom. The van der Waals surface area contributed by atoms with Gasteiger partial charge in [-0.2, -0.15) is 0 Å². The molecule has 0 saturated heterocycles. The monoisotopic (exact) mass is 2100 g/mol. The van der Waals surface area contributed by atoms with E-state index in [1.807, 2.05) is 97.8 Å². The van der Waals surface area contributed by atoms with E-state index in [4.69, 9.17) is 43.1 Å². The number of sulfonamides is 1. The molecule has 10 aromatic heterocycles. The van der Waals surface area contributed by atoms with Crippen molar-refractivity contribution in [3.8, 4) is 22.8 Å². The Kier molecular flexibility index (Phi) is 35.2. The van der Waals surface area contributed by atoms with E-state index in [1.165, 1.54) is 65.8 Å². The predicted octanol–water partition coefficient (Wildman–Crippen LogP) is 24.4. The largest absolute Gasteiger partial charge is 0.367 e. The first kappa shape index (κ1) is 107. The number of carbonyl (C=O) groups is 4. The number of nitrogens with one attached hydrogen (secondary N) is 9. The normalized spacial score (nSPS) is 19.2. The lowest BCUT2D eigenvalue weighted by Gasteiger charge is -2.30. The molecule has 0 spiro atoms. The smallest absolute Gasteiger partial charge is 0.217 e. The zero-order chi connectivity index (χ0) is 105. The van der Waals surface area contributed by atoms with Crippen molar-refractivity contribution in [3.63, 3.8) is 0 Å². The fourth-order valence-corrected chi connectivity index (χ4v) is 22.5. The van der Waals surface area contributed by atoms with Crippen LogP contribution in [0.15, 0.2) is 195 Å². The topological polar surface area (TPSA) is 362 Å². The number of aromatic amines is 2. The molecular weight excluding hydrogens is 1970 g/mol. The number of rotatable bonds is 28. The van der Waals surface area contributed by atoms with Gasteiger partial charge in [0, 0.05) is 146 Å². The lowest BCUT2D eigenvalue weighted by Crippen LogP contribution is -2.39. The molecule has 10 heterocycles. The number of halogens is 7. The molecule has 6 aromatic carbocycles. The number of aryl methyl sites for hydroxylation is 7. The summed E-state index contributed by atoms with van der Waals surface area (Å²) in [6, 6.07) is 48.5. The van der Waals surface area contributed by atoms with E-state index in [1.54, 1.807) is 19.6 Å². The second kappa shape index (κ2) is 49.2. The number of hydrogen-bond donors (Lipinski definition) is 9. The molecule has 5 saturated carbocycles. The van der Waals surface area contributed by atoms with E-state index >= 15 is 0 Å². The Labute approximate surface area is 878 Å². The van der Waals surface area contributed by atoms with Crippen LogP contribution in [-0.4, -0.2) is 154 Å². The number of ketones is 3. The van der Waals surface area contributed by atoms with Crippen molar-refractivity contribution in [1.29, 1.82) is 0 Å². The summed E-state index contributed by atoms with van der Waals surface area (Å²) in [5.74, 6) is 1.08. The summed E-state index contributed by atoms with van der Waals surface area (Å²) in [6.07, 6.45) is 32.4. The molecule has 150 heavy (non-hydrogen) atoms. The van der Waals surface area contributed by atoms with E-state index in [-0.39, 0.29) is 75.4 Å². The Balaban J connectivity index is 0.000000128. The van der Waals surface area contributed by atoms with E-state index in [9.17, 15) is 49.5 Å². The molecule has 5 aliphatic carbocycles. The van der Waals surface area contributed by atoms with Crippen LogP contribution in [0, 0.1) is 74.5 Å². The van der Waals surface area contributed by atoms with Crippen LogP contribution in [0.25, 0.3) is 77.9 Å². The molecule has 0 radical (unpaired) electrons. The van der Waals surface area contributed by atoms with Crippen LogP contribution in [0.3, 0.4) is 0 Å². The van der Waals surface area contributed by atoms with Crippen molar-refractivity contribution < 1.29 is 49.5 Å². The average molecular weight is 2100 g/mol. The molecule has 0 atom stereocenters. The van der Waals surface area contributed by atoms with Gasteiger partial charge in [0.05, 0.1) is 43.2 Å². The number of anilines is 5. The maximum absolute atomic E-state index is 13.4. The van der Waals surface area contributed by atoms with E-state index < -0.39 is 39.1 Å². The highest BCUT2D eigenvalue weighted by atomic mass is 35.5. The lowest BCUT2D eigenvalue weighted by molar-refractivity contribution is -0.119. The molecule has 28 nitrogen and oxygen atoms in total. The zero-order valence-electron chi connectivity index (χ0n) is 85.5. The number of amides is 1. The molecule has 0 aliphatic heterocycles. The molecule has 21 rings (SSSR count).